The highest BCUT2D eigenvalue weighted by atomic mass is 16.5. The number of benzene rings is 2. The number of fused-ring (bicyclic) bond motifs is 1. The molecular weight excluding hydrogens is 232 g/mol. The lowest BCUT2D eigenvalue weighted by Crippen LogP contribution is -2.01. The van der Waals surface area contributed by atoms with E-state index in [1.54, 1.807) is 0 Å². The summed E-state index contributed by atoms with van der Waals surface area (Å²) >= 11 is 0. The minimum Gasteiger partial charge on any atom is -0.375 e. The van der Waals surface area contributed by atoms with Crippen molar-refractivity contribution in [3.05, 3.63) is 60.2 Å². The highest BCUT2D eigenvalue weighted by molar-refractivity contribution is 5.82. The van der Waals surface area contributed by atoms with Crippen LogP contribution in [-0.2, 0) is 11.2 Å². The number of rotatable bonds is 6. The molecule has 100 valence electrons. The summed E-state index contributed by atoms with van der Waals surface area (Å²) in [4.78, 5) is 0. The zero-order chi connectivity index (χ0) is 13.5. The van der Waals surface area contributed by atoms with Crippen LogP contribution in [0, 0.1) is 0 Å². The van der Waals surface area contributed by atoms with Crippen LogP contribution >= 0.6 is 0 Å². The van der Waals surface area contributed by atoms with Crippen molar-refractivity contribution >= 4 is 10.8 Å². The van der Waals surface area contributed by atoms with Crippen molar-refractivity contribution in [2.45, 2.75) is 32.8 Å². The molecule has 0 N–H and O–H groups in total. The topological polar surface area (TPSA) is 9.23 Å². The number of aryl methyl sites for hydroxylation is 1. The normalized spacial score (nSPS) is 11.7. The fraction of sp³-hybridized carbons (Fsp3) is 0.333. The summed E-state index contributed by atoms with van der Waals surface area (Å²) in [6.07, 6.45) is 6.78. The molecule has 0 unspecified atom stereocenters. The Balaban J connectivity index is 1.84. The van der Waals surface area contributed by atoms with E-state index in [4.69, 9.17) is 4.74 Å². The Morgan fingerprint density at radius 3 is 2.58 bits per heavy atom. The van der Waals surface area contributed by atoms with Crippen LogP contribution in [0.4, 0.5) is 0 Å². The highest BCUT2D eigenvalue weighted by Crippen LogP contribution is 2.16. The van der Waals surface area contributed by atoms with Gasteiger partial charge in [-0.25, -0.2) is 0 Å². The smallest absolute Gasteiger partial charge is 0.0650 e. The van der Waals surface area contributed by atoms with Gasteiger partial charge in [-0.1, -0.05) is 54.6 Å². The van der Waals surface area contributed by atoms with Gasteiger partial charge in [0, 0.05) is 0 Å². The Morgan fingerprint density at radius 1 is 1.00 bits per heavy atom. The van der Waals surface area contributed by atoms with E-state index < -0.39 is 0 Å². The van der Waals surface area contributed by atoms with E-state index in [0.717, 1.165) is 19.4 Å². The van der Waals surface area contributed by atoms with E-state index in [1.807, 2.05) is 0 Å². The van der Waals surface area contributed by atoms with Crippen molar-refractivity contribution in [3.8, 4) is 0 Å². The second kappa shape index (κ2) is 7.10. The Bertz CT molecular complexity index is 540. The van der Waals surface area contributed by atoms with E-state index in [-0.39, 0.29) is 0 Å². The Hall–Kier alpha value is -1.60. The summed E-state index contributed by atoms with van der Waals surface area (Å²) in [6.45, 7) is 4.83. The lowest BCUT2D eigenvalue weighted by Gasteiger charge is -2.03. The zero-order valence-electron chi connectivity index (χ0n) is 11.8. The molecule has 1 nitrogen and oxygen atoms in total. The van der Waals surface area contributed by atoms with Gasteiger partial charge >= 0.3 is 0 Å². The molecule has 2 rings (SSSR count). The van der Waals surface area contributed by atoms with Crippen LogP contribution in [0.3, 0.4) is 0 Å². The minimum absolute atomic E-state index is 0.310. The molecule has 0 aromatic heterocycles. The molecule has 0 saturated carbocycles. The lowest BCUT2D eigenvalue weighted by molar-refractivity contribution is 0.102. The van der Waals surface area contributed by atoms with Crippen molar-refractivity contribution in [3.63, 3.8) is 0 Å². The molecule has 0 atom stereocenters. The summed E-state index contributed by atoms with van der Waals surface area (Å²) in [6, 6.07) is 15.2. The third-order valence-corrected chi connectivity index (χ3v) is 3.11. The molecule has 1 heteroatoms. The van der Waals surface area contributed by atoms with Gasteiger partial charge in [-0.3, -0.25) is 0 Å². The zero-order valence-corrected chi connectivity index (χ0v) is 11.8. The number of hydrogen-bond acceptors (Lipinski definition) is 1. The second-order valence-electron chi connectivity index (χ2n) is 5.07. The lowest BCUT2D eigenvalue weighted by atomic mass is 10.0. The minimum atomic E-state index is 0.310. The van der Waals surface area contributed by atoms with Crippen molar-refractivity contribution in [1.82, 2.24) is 0 Å². The predicted octanol–water partition coefficient (Wildman–Crippen LogP) is 4.75. The molecule has 0 heterocycles. The molecule has 0 spiro atoms. The van der Waals surface area contributed by atoms with Gasteiger partial charge in [0.05, 0.1) is 12.7 Å². The van der Waals surface area contributed by atoms with Crippen molar-refractivity contribution in [1.29, 1.82) is 0 Å². The van der Waals surface area contributed by atoms with Gasteiger partial charge in [0.2, 0.25) is 0 Å². The van der Waals surface area contributed by atoms with Gasteiger partial charge in [0.1, 0.15) is 0 Å². The summed E-state index contributed by atoms with van der Waals surface area (Å²) in [5, 5.41) is 2.64. The Morgan fingerprint density at radius 2 is 1.79 bits per heavy atom. The maximum absolute atomic E-state index is 5.46. The molecule has 0 saturated heterocycles. The molecule has 19 heavy (non-hydrogen) atoms. The van der Waals surface area contributed by atoms with Crippen LogP contribution < -0.4 is 0 Å². The molecule has 0 aliphatic rings. The van der Waals surface area contributed by atoms with Gasteiger partial charge in [-0.05, 0) is 43.0 Å². The average molecular weight is 254 g/mol. The van der Waals surface area contributed by atoms with E-state index in [0.29, 0.717) is 6.10 Å². The first-order chi connectivity index (χ1) is 9.25. The largest absolute Gasteiger partial charge is 0.375 e. The fourth-order valence-electron chi connectivity index (χ4n) is 2.08. The maximum atomic E-state index is 5.46. The molecule has 2 aromatic rings. The third-order valence-electron chi connectivity index (χ3n) is 3.11. The maximum Gasteiger partial charge on any atom is 0.0650 e. The molecule has 0 radical (unpaired) electrons. The van der Waals surface area contributed by atoms with Crippen LogP contribution in [0.25, 0.3) is 10.8 Å². The highest BCUT2D eigenvalue weighted by Gasteiger charge is 1.95. The van der Waals surface area contributed by atoms with E-state index in [9.17, 15) is 0 Å². The van der Waals surface area contributed by atoms with Gasteiger partial charge in [-0.2, -0.15) is 0 Å². The van der Waals surface area contributed by atoms with E-state index in [1.165, 1.54) is 16.3 Å². The summed E-state index contributed by atoms with van der Waals surface area (Å²) in [5.74, 6) is 0. The van der Waals surface area contributed by atoms with Gasteiger partial charge in [-0.15, -0.1) is 0 Å². The van der Waals surface area contributed by atoms with Crippen LogP contribution in [0.2, 0.25) is 0 Å². The number of ether oxygens (including phenoxy) is 1. The molecule has 0 aliphatic carbocycles. The van der Waals surface area contributed by atoms with Crippen LogP contribution in [0.1, 0.15) is 25.8 Å². The standard InChI is InChI=1S/C18H22O/c1-15(2)19-13-7-3-4-8-16-11-12-17-9-5-6-10-18(17)14-16/h3,5-7,9-12,14-15H,4,8,13H2,1-2H3/b7-3+. The average Bonchev–Trinajstić information content (AvgIpc) is 2.42. The summed E-state index contributed by atoms with van der Waals surface area (Å²) < 4.78 is 5.46. The third kappa shape index (κ3) is 4.53. The van der Waals surface area contributed by atoms with Gasteiger partial charge in [0.25, 0.3) is 0 Å². The number of hydrogen-bond donors (Lipinski definition) is 0. The Labute approximate surface area is 115 Å². The monoisotopic (exact) mass is 254 g/mol. The molecule has 0 aliphatic heterocycles. The van der Waals surface area contributed by atoms with Crippen LogP contribution in [0.15, 0.2) is 54.6 Å². The fourth-order valence-corrected chi connectivity index (χ4v) is 2.08. The van der Waals surface area contributed by atoms with Crippen molar-refractivity contribution in [2.75, 3.05) is 6.61 Å². The second-order valence-corrected chi connectivity index (χ2v) is 5.07. The van der Waals surface area contributed by atoms with Gasteiger partial charge < -0.3 is 4.74 Å². The number of allylic oxidation sites excluding steroid dienone is 1. The molecular formula is C18H22O. The first-order valence-corrected chi connectivity index (χ1v) is 7.00. The van der Waals surface area contributed by atoms with Crippen molar-refractivity contribution < 1.29 is 4.74 Å². The SMILES string of the molecule is CC(C)OC/C=C/CCc1ccc2ccccc2c1. The quantitative estimate of drug-likeness (QED) is 0.676. The summed E-state index contributed by atoms with van der Waals surface area (Å²) in [7, 11) is 0. The molecule has 0 amide bonds. The van der Waals surface area contributed by atoms with Crippen molar-refractivity contribution in [2.24, 2.45) is 0 Å². The summed E-state index contributed by atoms with van der Waals surface area (Å²) in [5.41, 5.74) is 1.40. The Kier molecular flexibility index (Phi) is 5.17. The van der Waals surface area contributed by atoms with E-state index >= 15 is 0 Å². The molecule has 2 aromatic carbocycles. The predicted molar refractivity (Wildman–Crippen MR) is 82.5 cm³/mol. The van der Waals surface area contributed by atoms with Gasteiger partial charge in [0.15, 0.2) is 0 Å². The van der Waals surface area contributed by atoms with Crippen LogP contribution in [-0.4, -0.2) is 12.7 Å². The first-order valence-electron chi connectivity index (χ1n) is 7.00. The van der Waals surface area contributed by atoms with E-state index in [2.05, 4.69) is 68.5 Å². The molecule has 0 bridgehead atoms. The first kappa shape index (κ1) is 13.8. The van der Waals surface area contributed by atoms with Crippen LogP contribution in [0.5, 0.6) is 0 Å². The molecule has 0 fully saturated rings.